The molecule has 0 saturated heterocycles. The second-order valence-corrected chi connectivity index (χ2v) is 6.26. The first-order chi connectivity index (χ1) is 10.1. The van der Waals surface area contributed by atoms with Gasteiger partial charge in [-0.3, -0.25) is 0 Å². The van der Waals surface area contributed by atoms with Crippen LogP contribution in [-0.2, 0) is 6.54 Å². The smallest absolute Gasteiger partial charge is 0.146 e. The molecule has 2 aromatic rings. The van der Waals surface area contributed by atoms with Crippen molar-refractivity contribution in [3.05, 3.63) is 57.6 Å². The molecule has 1 aliphatic rings. The van der Waals surface area contributed by atoms with Gasteiger partial charge >= 0.3 is 0 Å². The van der Waals surface area contributed by atoms with Gasteiger partial charge < -0.3 is 10.1 Å². The molecule has 2 nitrogen and oxygen atoms in total. The Hall–Kier alpha value is -1.22. The largest absolute Gasteiger partial charge is 0.456 e. The monoisotopic (exact) mass is 321 g/mol. The lowest BCUT2D eigenvalue weighted by atomic mass is 10.1. The van der Waals surface area contributed by atoms with Gasteiger partial charge in [-0.15, -0.1) is 0 Å². The van der Waals surface area contributed by atoms with E-state index in [9.17, 15) is 0 Å². The molecular weight excluding hydrogens is 305 g/mol. The molecule has 0 unspecified atom stereocenters. The number of benzene rings is 2. The van der Waals surface area contributed by atoms with Crippen LogP contribution in [0, 0.1) is 6.92 Å². The van der Waals surface area contributed by atoms with Gasteiger partial charge in [0.15, 0.2) is 0 Å². The van der Waals surface area contributed by atoms with Crippen molar-refractivity contribution in [3.63, 3.8) is 0 Å². The van der Waals surface area contributed by atoms with Crippen LogP contribution in [0.4, 0.5) is 0 Å². The van der Waals surface area contributed by atoms with Gasteiger partial charge in [0.25, 0.3) is 0 Å². The van der Waals surface area contributed by atoms with Crippen LogP contribution in [0.25, 0.3) is 0 Å². The van der Waals surface area contributed by atoms with Crippen molar-refractivity contribution in [1.29, 1.82) is 0 Å². The lowest BCUT2D eigenvalue weighted by Gasteiger charge is -2.11. The summed E-state index contributed by atoms with van der Waals surface area (Å²) in [7, 11) is 0. The molecule has 1 N–H and O–H groups in total. The van der Waals surface area contributed by atoms with Crippen LogP contribution in [0.2, 0.25) is 10.0 Å². The van der Waals surface area contributed by atoms with Crippen LogP contribution in [-0.4, -0.2) is 6.04 Å². The normalized spacial score (nSPS) is 14.2. The fourth-order valence-electron chi connectivity index (χ4n) is 2.16. The van der Waals surface area contributed by atoms with E-state index in [4.69, 9.17) is 27.9 Å². The first-order valence-electron chi connectivity index (χ1n) is 7.07. The first kappa shape index (κ1) is 14.7. The predicted octanol–water partition coefficient (Wildman–Crippen LogP) is 5.35. The van der Waals surface area contributed by atoms with Crippen molar-refractivity contribution >= 4 is 23.2 Å². The Labute approximate surface area is 135 Å². The SMILES string of the molecule is Cc1cc(Oc2ccc(Cl)cc2Cl)ccc1CNC1CC1. The van der Waals surface area contributed by atoms with E-state index in [0.717, 1.165) is 12.3 Å². The average Bonchev–Trinajstić information content (AvgIpc) is 3.25. The summed E-state index contributed by atoms with van der Waals surface area (Å²) in [5.41, 5.74) is 2.52. The Balaban J connectivity index is 1.71. The van der Waals surface area contributed by atoms with E-state index in [-0.39, 0.29) is 0 Å². The third-order valence-corrected chi connectivity index (χ3v) is 4.12. The maximum atomic E-state index is 6.12. The zero-order valence-corrected chi connectivity index (χ0v) is 13.3. The summed E-state index contributed by atoms with van der Waals surface area (Å²) in [6.45, 7) is 3.01. The number of aryl methyl sites for hydroxylation is 1. The van der Waals surface area contributed by atoms with Gasteiger partial charge in [-0.2, -0.15) is 0 Å². The van der Waals surface area contributed by atoms with Gasteiger partial charge in [0.2, 0.25) is 0 Å². The summed E-state index contributed by atoms with van der Waals surface area (Å²) in [4.78, 5) is 0. The molecule has 0 spiro atoms. The summed E-state index contributed by atoms with van der Waals surface area (Å²) in [5.74, 6) is 1.40. The molecule has 0 heterocycles. The molecule has 0 atom stereocenters. The molecule has 0 bridgehead atoms. The zero-order valence-electron chi connectivity index (χ0n) is 11.8. The Bertz CT molecular complexity index is 653. The molecule has 3 rings (SSSR count). The molecular formula is C17H17Cl2NO. The number of halogens is 2. The second kappa shape index (κ2) is 6.27. The van der Waals surface area contributed by atoms with Gasteiger partial charge in [0.1, 0.15) is 11.5 Å². The summed E-state index contributed by atoms with van der Waals surface area (Å²) in [6, 6.07) is 12.1. The van der Waals surface area contributed by atoms with Crippen LogP contribution in [0.1, 0.15) is 24.0 Å². The number of hydrogen-bond donors (Lipinski definition) is 1. The van der Waals surface area contributed by atoms with Gasteiger partial charge in [0, 0.05) is 17.6 Å². The van der Waals surface area contributed by atoms with E-state index in [1.54, 1.807) is 18.2 Å². The van der Waals surface area contributed by atoms with Gasteiger partial charge in [0.05, 0.1) is 5.02 Å². The van der Waals surface area contributed by atoms with E-state index in [2.05, 4.69) is 18.3 Å². The minimum Gasteiger partial charge on any atom is -0.456 e. The van der Waals surface area contributed by atoms with Gasteiger partial charge in [-0.1, -0.05) is 29.3 Å². The van der Waals surface area contributed by atoms with Crippen LogP contribution in [0.3, 0.4) is 0 Å². The Morgan fingerprint density at radius 1 is 1.14 bits per heavy atom. The molecule has 2 aromatic carbocycles. The zero-order chi connectivity index (χ0) is 14.8. The maximum absolute atomic E-state index is 6.12. The predicted molar refractivity (Wildman–Crippen MR) is 87.6 cm³/mol. The van der Waals surface area contributed by atoms with Crippen LogP contribution in [0.15, 0.2) is 36.4 Å². The highest BCUT2D eigenvalue weighted by Gasteiger charge is 2.20. The highest BCUT2D eigenvalue weighted by molar-refractivity contribution is 6.35. The summed E-state index contributed by atoms with van der Waals surface area (Å²) in [5, 5.41) is 4.64. The third-order valence-electron chi connectivity index (χ3n) is 3.59. The van der Waals surface area contributed by atoms with Gasteiger partial charge in [-0.05, 0) is 61.2 Å². The molecule has 0 aliphatic heterocycles. The molecule has 4 heteroatoms. The second-order valence-electron chi connectivity index (χ2n) is 5.42. The van der Waals surface area contributed by atoms with Crippen molar-refractivity contribution in [3.8, 4) is 11.5 Å². The van der Waals surface area contributed by atoms with Crippen molar-refractivity contribution in [1.82, 2.24) is 5.32 Å². The molecule has 1 saturated carbocycles. The number of rotatable bonds is 5. The molecule has 1 fully saturated rings. The minimum atomic E-state index is 0.514. The summed E-state index contributed by atoms with van der Waals surface area (Å²) < 4.78 is 5.83. The van der Waals surface area contributed by atoms with Crippen molar-refractivity contribution in [2.75, 3.05) is 0 Å². The first-order valence-corrected chi connectivity index (χ1v) is 7.83. The number of hydrogen-bond acceptors (Lipinski definition) is 2. The molecule has 0 radical (unpaired) electrons. The number of nitrogens with one attached hydrogen (secondary N) is 1. The minimum absolute atomic E-state index is 0.514. The molecule has 110 valence electrons. The van der Waals surface area contributed by atoms with Crippen LogP contribution < -0.4 is 10.1 Å². The topological polar surface area (TPSA) is 21.3 Å². The van der Waals surface area contributed by atoms with Crippen LogP contribution in [0.5, 0.6) is 11.5 Å². The standard InChI is InChI=1S/C17H17Cl2NO/c1-11-8-15(6-2-12(11)10-20-14-4-5-14)21-17-7-3-13(18)9-16(17)19/h2-3,6-9,14,20H,4-5,10H2,1H3. The molecule has 0 aromatic heterocycles. The van der Waals surface area contributed by atoms with Crippen LogP contribution >= 0.6 is 23.2 Å². The fourth-order valence-corrected chi connectivity index (χ4v) is 2.60. The van der Waals surface area contributed by atoms with Gasteiger partial charge in [-0.25, -0.2) is 0 Å². The lowest BCUT2D eigenvalue weighted by Crippen LogP contribution is -2.15. The highest BCUT2D eigenvalue weighted by atomic mass is 35.5. The fraction of sp³-hybridized carbons (Fsp3) is 0.294. The average molecular weight is 322 g/mol. The summed E-state index contributed by atoms with van der Waals surface area (Å²) >= 11 is 12.0. The maximum Gasteiger partial charge on any atom is 0.146 e. The highest BCUT2D eigenvalue weighted by Crippen LogP contribution is 2.32. The Kier molecular flexibility index (Phi) is 4.39. The number of ether oxygens (including phenoxy) is 1. The Morgan fingerprint density at radius 3 is 2.62 bits per heavy atom. The lowest BCUT2D eigenvalue weighted by molar-refractivity contribution is 0.482. The Morgan fingerprint density at radius 2 is 1.95 bits per heavy atom. The third kappa shape index (κ3) is 3.91. The van der Waals surface area contributed by atoms with E-state index in [0.29, 0.717) is 21.8 Å². The quantitative estimate of drug-likeness (QED) is 0.801. The van der Waals surface area contributed by atoms with E-state index < -0.39 is 0 Å². The van der Waals surface area contributed by atoms with Crippen molar-refractivity contribution in [2.24, 2.45) is 0 Å². The van der Waals surface area contributed by atoms with Crippen molar-refractivity contribution < 1.29 is 4.74 Å². The molecule has 0 amide bonds. The van der Waals surface area contributed by atoms with E-state index in [1.165, 1.54) is 24.0 Å². The molecule has 21 heavy (non-hydrogen) atoms. The van der Waals surface area contributed by atoms with Crippen molar-refractivity contribution in [2.45, 2.75) is 32.4 Å². The van der Waals surface area contributed by atoms with E-state index >= 15 is 0 Å². The summed E-state index contributed by atoms with van der Waals surface area (Å²) in [6.07, 6.45) is 2.60. The van der Waals surface area contributed by atoms with E-state index in [1.807, 2.05) is 12.1 Å². The molecule has 1 aliphatic carbocycles.